The zero-order valence-corrected chi connectivity index (χ0v) is 13.9. The van der Waals surface area contributed by atoms with Crippen LogP contribution >= 0.6 is 27.7 Å². The number of halogens is 1. The van der Waals surface area contributed by atoms with Gasteiger partial charge in [0.2, 0.25) is 0 Å². The van der Waals surface area contributed by atoms with E-state index in [4.69, 9.17) is 0 Å². The molecule has 1 saturated carbocycles. The zero-order chi connectivity index (χ0) is 13.9. The molecule has 0 radical (unpaired) electrons. The van der Waals surface area contributed by atoms with E-state index in [0.29, 0.717) is 16.9 Å². The monoisotopic (exact) mass is 357 g/mol. The lowest BCUT2D eigenvalue weighted by Gasteiger charge is -2.25. The van der Waals surface area contributed by atoms with Crippen LogP contribution in [0.25, 0.3) is 0 Å². The van der Waals surface area contributed by atoms with Crippen molar-refractivity contribution in [2.24, 2.45) is 5.92 Å². The van der Waals surface area contributed by atoms with Crippen LogP contribution in [0.1, 0.15) is 32.1 Å². The summed E-state index contributed by atoms with van der Waals surface area (Å²) >= 11 is 5.44. The molecule has 1 N–H and O–H groups in total. The minimum atomic E-state index is 0.00859. The SMILES string of the molecule is O=c1c(NCC2CCCS2)c(Br)cnn1CC1CCC1. The van der Waals surface area contributed by atoms with Gasteiger partial charge < -0.3 is 5.32 Å². The summed E-state index contributed by atoms with van der Waals surface area (Å²) in [4.78, 5) is 12.5. The number of anilines is 1. The molecular formula is C14H20BrN3OS. The molecule has 2 fully saturated rings. The second-order valence-electron chi connectivity index (χ2n) is 5.67. The predicted molar refractivity (Wildman–Crippen MR) is 87.5 cm³/mol. The molecule has 0 amide bonds. The van der Waals surface area contributed by atoms with E-state index in [9.17, 15) is 4.79 Å². The average molecular weight is 358 g/mol. The molecule has 0 bridgehead atoms. The molecule has 1 saturated heterocycles. The van der Waals surface area contributed by atoms with Gasteiger partial charge in [-0.3, -0.25) is 4.79 Å². The molecule has 0 aromatic carbocycles. The van der Waals surface area contributed by atoms with E-state index in [2.05, 4.69) is 26.3 Å². The van der Waals surface area contributed by atoms with Gasteiger partial charge in [-0.05, 0) is 53.3 Å². The molecule has 1 aromatic heterocycles. The summed E-state index contributed by atoms with van der Waals surface area (Å²) in [5, 5.41) is 8.22. The van der Waals surface area contributed by atoms with Crippen molar-refractivity contribution in [2.45, 2.75) is 43.9 Å². The van der Waals surface area contributed by atoms with Gasteiger partial charge in [0.15, 0.2) is 0 Å². The summed E-state index contributed by atoms with van der Waals surface area (Å²) in [6.45, 7) is 1.63. The number of hydrogen-bond acceptors (Lipinski definition) is 4. The Kier molecular flexibility index (Phi) is 4.71. The first-order valence-electron chi connectivity index (χ1n) is 7.35. The largest absolute Gasteiger partial charge is 0.378 e. The van der Waals surface area contributed by atoms with Crippen molar-refractivity contribution < 1.29 is 0 Å². The highest BCUT2D eigenvalue weighted by Gasteiger charge is 2.21. The van der Waals surface area contributed by atoms with Crippen molar-refractivity contribution in [1.29, 1.82) is 0 Å². The second-order valence-corrected chi connectivity index (χ2v) is 7.93. The number of thioether (sulfide) groups is 1. The molecule has 110 valence electrons. The van der Waals surface area contributed by atoms with Gasteiger partial charge in [-0.1, -0.05) is 6.42 Å². The molecule has 1 atom stereocenters. The molecule has 1 aromatic rings. The quantitative estimate of drug-likeness (QED) is 0.879. The van der Waals surface area contributed by atoms with E-state index in [-0.39, 0.29) is 5.56 Å². The van der Waals surface area contributed by atoms with Gasteiger partial charge in [0.1, 0.15) is 5.69 Å². The lowest BCUT2D eigenvalue weighted by Crippen LogP contribution is -2.31. The minimum Gasteiger partial charge on any atom is -0.378 e. The van der Waals surface area contributed by atoms with Crippen molar-refractivity contribution in [3.63, 3.8) is 0 Å². The van der Waals surface area contributed by atoms with Crippen LogP contribution in [0.4, 0.5) is 5.69 Å². The average Bonchev–Trinajstić information content (AvgIpc) is 2.89. The van der Waals surface area contributed by atoms with Gasteiger partial charge in [0.05, 0.1) is 10.7 Å². The Bertz CT molecular complexity index is 524. The number of nitrogens with one attached hydrogen (secondary N) is 1. The molecule has 1 aliphatic heterocycles. The van der Waals surface area contributed by atoms with Crippen LogP contribution in [-0.4, -0.2) is 27.3 Å². The lowest BCUT2D eigenvalue weighted by atomic mass is 9.85. The van der Waals surface area contributed by atoms with Crippen LogP contribution in [0.3, 0.4) is 0 Å². The van der Waals surface area contributed by atoms with E-state index in [1.807, 2.05) is 11.8 Å². The second kappa shape index (κ2) is 6.52. The third-order valence-electron chi connectivity index (χ3n) is 4.18. The Morgan fingerprint density at radius 2 is 2.25 bits per heavy atom. The third-order valence-corrected chi connectivity index (χ3v) is 6.18. The van der Waals surface area contributed by atoms with Crippen LogP contribution in [0.5, 0.6) is 0 Å². The Morgan fingerprint density at radius 3 is 2.90 bits per heavy atom. The fourth-order valence-corrected chi connectivity index (χ4v) is 4.30. The molecule has 1 aliphatic carbocycles. The van der Waals surface area contributed by atoms with Gasteiger partial charge in [0, 0.05) is 18.3 Å². The molecule has 20 heavy (non-hydrogen) atoms. The molecule has 1 unspecified atom stereocenters. The van der Waals surface area contributed by atoms with Crippen LogP contribution in [-0.2, 0) is 6.54 Å². The van der Waals surface area contributed by atoms with Crippen LogP contribution in [0, 0.1) is 5.92 Å². The maximum Gasteiger partial charge on any atom is 0.291 e. The van der Waals surface area contributed by atoms with E-state index >= 15 is 0 Å². The summed E-state index contributed by atoms with van der Waals surface area (Å²) in [7, 11) is 0. The highest BCUT2D eigenvalue weighted by Crippen LogP contribution is 2.28. The molecule has 4 nitrogen and oxygen atoms in total. The lowest BCUT2D eigenvalue weighted by molar-refractivity contribution is 0.262. The number of rotatable bonds is 5. The maximum absolute atomic E-state index is 12.5. The van der Waals surface area contributed by atoms with Gasteiger partial charge in [0.25, 0.3) is 5.56 Å². The number of aromatic nitrogens is 2. The zero-order valence-electron chi connectivity index (χ0n) is 11.5. The Hall–Kier alpha value is -0.490. The number of nitrogens with zero attached hydrogens (tertiary/aromatic N) is 2. The smallest absolute Gasteiger partial charge is 0.291 e. The van der Waals surface area contributed by atoms with Crippen LogP contribution in [0.15, 0.2) is 15.5 Å². The fourth-order valence-electron chi connectivity index (χ4n) is 2.70. The van der Waals surface area contributed by atoms with E-state index in [1.165, 1.54) is 37.9 Å². The standard InChI is InChI=1S/C14H20BrN3OS/c15-12-8-17-18(9-10-3-1-4-10)14(19)13(12)16-7-11-5-2-6-20-11/h8,10-11,16H,1-7,9H2. The summed E-state index contributed by atoms with van der Waals surface area (Å²) in [5.41, 5.74) is 0.682. The summed E-state index contributed by atoms with van der Waals surface area (Å²) < 4.78 is 2.40. The maximum atomic E-state index is 12.5. The summed E-state index contributed by atoms with van der Waals surface area (Å²) in [5.74, 6) is 1.88. The van der Waals surface area contributed by atoms with Crippen molar-refractivity contribution in [3.8, 4) is 0 Å². The van der Waals surface area contributed by atoms with E-state index < -0.39 is 0 Å². The Labute approximate surface area is 131 Å². The van der Waals surface area contributed by atoms with Crippen LogP contribution < -0.4 is 10.9 Å². The van der Waals surface area contributed by atoms with Crippen molar-refractivity contribution in [3.05, 3.63) is 21.0 Å². The summed E-state index contributed by atoms with van der Waals surface area (Å²) in [6.07, 6.45) is 8.03. The fraction of sp³-hybridized carbons (Fsp3) is 0.714. The summed E-state index contributed by atoms with van der Waals surface area (Å²) in [6, 6.07) is 0. The highest BCUT2D eigenvalue weighted by molar-refractivity contribution is 9.10. The van der Waals surface area contributed by atoms with E-state index in [0.717, 1.165) is 17.6 Å². The third kappa shape index (κ3) is 3.22. The number of hydrogen-bond donors (Lipinski definition) is 1. The van der Waals surface area contributed by atoms with Gasteiger partial charge in [-0.2, -0.15) is 16.9 Å². The first-order chi connectivity index (χ1) is 9.74. The predicted octanol–water partition coefficient (Wildman–Crippen LogP) is 3.11. The van der Waals surface area contributed by atoms with Crippen molar-refractivity contribution >= 4 is 33.4 Å². The topological polar surface area (TPSA) is 46.9 Å². The molecular weight excluding hydrogens is 338 g/mol. The van der Waals surface area contributed by atoms with Gasteiger partial charge >= 0.3 is 0 Å². The van der Waals surface area contributed by atoms with E-state index in [1.54, 1.807) is 10.9 Å². The normalized spacial score (nSPS) is 22.8. The van der Waals surface area contributed by atoms with Gasteiger partial charge in [-0.15, -0.1) is 0 Å². The Balaban J connectivity index is 1.70. The molecule has 6 heteroatoms. The van der Waals surface area contributed by atoms with Crippen molar-refractivity contribution in [1.82, 2.24) is 9.78 Å². The van der Waals surface area contributed by atoms with Crippen LogP contribution in [0.2, 0.25) is 0 Å². The first kappa shape index (κ1) is 14.4. The van der Waals surface area contributed by atoms with Crippen molar-refractivity contribution in [2.75, 3.05) is 17.6 Å². The van der Waals surface area contributed by atoms with Gasteiger partial charge in [-0.25, -0.2) is 4.68 Å². The highest BCUT2D eigenvalue weighted by atomic mass is 79.9. The molecule has 2 heterocycles. The minimum absolute atomic E-state index is 0.00859. The molecule has 0 spiro atoms. The molecule has 3 rings (SSSR count). The Morgan fingerprint density at radius 1 is 1.40 bits per heavy atom. The molecule has 2 aliphatic rings. The first-order valence-corrected chi connectivity index (χ1v) is 9.19.